The lowest BCUT2D eigenvalue weighted by Gasteiger charge is -2.11. The van der Waals surface area contributed by atoms with Gasteiger partial charge in [-0.1, -0.05) is 13.3 Å². The first-order valence-electron chi connectivity index (χ1n) is 5.60. The molecule has 0 saturated heterocycles. The molecule has 0 fully saturated rings. The second-order valence-electron chi connectivity index (χ2n) is 3.54. The van der Waals surface area contributed by atoms with Gasteiger partial charge in [0.15, 0.2) is 6.10 Å². The maximum absolute atomic E-state index is 11.3. The highest BCUT2D eigenvalue weighted by molar-refractivity contribution is 9.10. The number of rotatable bonds is 7. The van der Waals surface area contributed by atoms with E-state index in [1.807, 2.05) is 6.92 Å². The van der Waals surface area contributed by atoms with Gasteiger partial charge in [-0.3, -0.25) is 0 Å². The highest BCUT2D eigenvalue weighted by Gasteiger charge is 2.17. The van der Waals surface area contributed by atoms with Crippen LogP contribution in [0, 0.1) is 0 Å². The maximum Gasteiger partial charge on any atom is 0.338 e. The van der Waals surface area contributed by atoms with Gasteiger partial charge >= 0.3 is 5.97 Å². The van der Waals surface area contributed by atoms with E-state index in [1.54, 1.807) is 12.1 Å². The first-order chi connectivity index (χ1) is 8.63. The van der Waals surface area contributed by atoms with E-state index in [0.29, 0.717) is 11.2 Å². The molecule has 0 bridgehead atoms. The van der Waals surface area contributed by atoms with Gasteiger partial charge in [-0.05, 0) is 28.4 Å². The van der Waals surface area contributed by atoms with E-state index in [0.717, 1.165) is 12.8 Å². The van der Waals surface area contributed by atoms with E-state index in [2.05, 4.69) is 26.1 Å². The largest absolute Gasteiger partial charge is 0.473 e. The van der Waals surface area contributed by atoms with Gasteiger partial charge in [-0.15, -0.1) is 10.2 Å². The highest BCUT2D eigenvalue weighted by Crippen LogP contribution is 2.09. The first kappa shape index (κ1) is 14.8. The molecule has 0 aromatic carbocycles. The number of aromatic nitrogens is 2. The molecule has 6 nitrogen and oxygen atoms in total. The molecule has 1 heterocycles. The second kappa shape index (κ2) is 7.99. The number of carbonyl (C=O) groups is 1. The molecule has 0 spiro atoms. The maximum atomic E-state index is 11.3. The van der Waals surface area contributed by atoms with Crippen molar-refractivity contribution in [3.63, 3.8) is 0 Å². The molecule has 0 amide bonds. The van der Waals surface area contributed by atoms with Gasteiger partial charge in [-0.25, -0.2) is 4.79 Å². The van der Waals surface area contributed by atoms with Crippen LogP contribution in [0.5, 0.6) is 5.88 Å². The molecule has 1 rings (SSSR count). The Labute approximate surface area is 113 Å². The predicted octanol–water partition coefficient (Wildman–Crippen LogP) is 1.32. The Morgan fingerprint density at radius 2 is 2.28 bits per heavy atom. The summed E-state index contributed by atoms with van der Waals surface area (Å²) in [5.74, 6) is -0.452. The average Bonchev–Trinajstić information content (AvgIpc) is 2.38. The number of esters is 1. The van der Waals surface area contributed by atoms with Gasteiger partial charge < -0.3 is 14.6 Å². The van der Waals surface area contributed by atoms with E-state index < -0.39 is 12.1 Å². The Balaban J connectivity index is 2.29. The van der Waals surface area contributed by atoms with Crippen LogP contribution in [0.3, 0.4) is 0 Å². The zero-order chi connectivity index (χ0) is 13.4. The Kier molecular flexibility index (Phi) is 6.59. The number of unbranched alkanes of at least 4 members (excludes halogenated alkanes) is 1. The van der Waals surface area contributed by atoms with Gasteiger partial charge in [0.05, 0.1) is 6.61 Å². The van der Waals surface area contributed by atoms with Crippen molar-refractivity contribution in [1.29, 1.82) is 0 Å². The Hall–Kier alpha value is -1.21. The van der Waals surface area contributed by atoms with Crippen molar-refractivity contribution in [3.05, 3.63) is 16.7 Å². The van der Waals surface area contributed by atoms with Crippen LogP contribution in [0.1, 0.15) is 19.8 Å². The SMILES string of the molecule is CCCCOC(=O)[C@H](O)COc1ccc(Br)nn1. The third kappa shape index (κ3) is 5.42. The fourth-order valence-electron chi connectivity index (χ4n) is 1.03. The van der Waals surface area contributed by atoms with Crippen LogP contribution in [-0.4, -0.2) is 40.6 Å². The predicted molar refractivity (Wildman–Crippen MR) is 67.1 cm³/mol. The van der Waals surface area contributed by atoms with Crippen LogP contribution in [0.4, 0.5) is 0 Å². The standard InChI is InChI=1S/C11H15BrN2O4/c1-2-3-6-17-11(16)8(15)7-18-10-5-4-9(12)13-14-10/h4-5,8,15H,2-3,6-7H2,1H3/t8-/m1/s1. The van der Waals surface area contributed by atoms with Gasteiger partial charge in [0, 0.05) is 6.07 Å². The second-order valence-corrected chi connectivity index (χ2v) is 4.35. The van der Waals surface area contributed by atoms with Crippen LogP contribution in [0.25, 0.3) is 0 Å². The average molecular weight is 319 g/mol. The molecular formula is C11H15BrN2O4. The normalized spacial score (nSPS) is 11.9. The van der Waals surface area contributed by atoms with Crippen LogP contribution >= 0.6 is 15.9 Å². The third-order valence-corrected chi connectivity index (χ3v) is 2.43. The summed E-state index contributed by atoms with van der Waals surface area (Å²) < 4.78 is 10.5. The molecule has 18 heavy (non-hydrogen) atoms. The molecule has 0 aliphatic heterocycles. The van der Waals surface area contributed by atoms with Gasteiger partial charge in [0.2, 0.25) is 5.88 Å². The smallest absolute Gasteiger partial charge is 0.338 e. The van der Waals surface area contributed by atoms with E-state index in [9.17, 15) is 9.90 Å². The minimum Gasteiger partial charge on any atom is -0.473 e. The summed E-state index contributed by atoms with van der Waals surface area (Å²) in [6.07, 6.45) is 0.388. The number of aliphatic hydroxyl groups is 1. The number of hydrogen-bond acceptors (Lipinski definition) is 6. The number of hydrogen-bond donors (Lipinski definition) is 1. The number of halogens is 1. The number of aliphatic hydroxyl groups excluding tert-OH is 1. The molecule has 0 aliphatic carbocycles. The van der Waals surface area contributed by atoms with Crippen molar-refractivity contribution in [3.8, 4) is 5.88 Å². The van der Waals surface area contributed by atoms with Crippen molar-refractivity contribution in [1.82, 2.24) is 10.2 Å². The number of carbonyl (C=O) groups excluding carboxylic acids is 1. The summed E-state index contributed by atoms with van der Waals surface area (Å²) in [6.45, 7) is 2.09. The quantitative estimate of drug-likeness (QED) is 0.603. The number of ether oxygens (including phenoxy) is 2. The van der Waals surface area contributed by atoms with Gasteiger partial charge in [0.1, 0.15) is 11.2 Å². The van der Waals surface area contributed by atoms with Crippen molar-refractivity contribution < 1.29 is 19.4 Å². The molecule has 1 aromatic rings. The molecule has 0 unspecified atom stereocenters. The molecular weight excluding hydrogens is 304 g/mol. The lowest BCUT2D eigenvalue weighted by Crippen LogP contribution is -2.29. The molecule has 1 aromatic heterocycles. The van der Waals surface area contributed by atoms with Gasteiger partial charge in [0.25, 0.3) is 0 Å². The van der Waals surface area contributed by atoms with Crippen LogP contribution in [0.15, 0.2) is 16.7 Å². The number of nitrogens with zero attached hydrogens (tertiary/aromatic N) is 2. The minimum atomic E-state index is -1.31. The summed E-state index contributed by atoms with van der Waals surface area (Å²) >= 11 is 3.13. The lowest BCUT2D eigenvalue weighted by molar-refractivity contribution is -0.155. The summed E-state index contributed by atoms with van der Waals surface area (Å²) in [5.41, 5.74) is 0. The first-order valence-corrected chi connectivity index (χ1v) is 6.39. The zero-order valence-corrected chi connectivity index (χ0v) is 11.6. The summed E-state index contributed by atoms with van der Waals surface area (Å²) in [4.78, 5) is 11.3. The fourth-order valence-corrected chi connectivity index (χ4v) is 1.24. The highest BCUT2D eigenvalue weighted by atomic mass is 79.9. The Morgan fingerprint density at radius 1 is 1.50 bits per heavy atom. The summed E-state index contributed by atoms with van der Waals surface area (Å²) in [6, 6.07) is 3.22. The van der Waals surface area contributed by atoms with Crippen LogP contribution < -0.4 is 4.74 Å². The summed E-state index contributed by atoms with van der Waals surface area (Å²) in [7, 11) is 0. The molecule has 1 atom stereocenters. The fraction of sp³-hybridized carbons (Fsp3) is 0.545. The van der Waals surface area contributed by atoms with Crippen molar-refractivity contribution in [2.45, 2.75) is 25.9 Å². The van der Waals surface area contributed by atoms with E-state index in [4.69, 9.17) is 9.47 Å². The molecule has 100 valence electrons. The molecule has 7 heteroatoms. The molecule has 0 aliphatic rings. The Bertz CT molecular complexity index is 372. The minimum absolute atomic E-state index is 0.207. The van der Waals surface area contributed by atoms with E-state index in [-0.39, 0.29) is 12.5 Å². The zero-order valence-electron chi connectivity index (χ0n) is 10.0. The van der Waals surface area contributed by atoms with Gasteiger partial charge in [-0.2, -0.15) is 0 Å². The van der Waals surface area contributed by atoms with Crippen molar-refractivity contribution in [2.75, 3.05) is 13.2 Å². The van der Waals surface area contributed by atoms with E-state index in [1.165, 1.54) is 0 Å². The third-order valence-electron chi connectivity index (χ3n) is 2.01. The summed E-state index contributed by atoms with van der Waals surface area (Å²) in [5, 5.41) is 16.9. The Morgan fingerprint density at radius 3 is 2.89 bits per heavy atom. The van der Waals surface area contributed by atoms with Crippen molar-refractivity contribution in [2.24, 2.45) is 0 Å². The lowest BCUT2D eigenvalue weighted by atomic mass is 10.3. The molecule has 0 saturated carbocycles. The van der Waals surface area contributed by atoms with Crippen molar-refractivity contribution >= 4 is 21.9 Å². The van der Waals surface area contributed by atoms with E-state index >= 15 is 0 Å². The topological polar surface area (TPSA) is 81.5 Å². The molecule has 1 N–H and O–H groups in total. The van der Waals surface area contributed by atoms with Crippen LogP contribution in [0.2, 0.25) is 0 Å². The monoisotopic (exact) mass is 318 g/mol. The molecule has 0 radical (unpaired) electrons. The van der Waals surface area contributed by atoms with Crippen LogP contribution in [-0.2, 0) is 9.53 Å².